The molecular formula is C12H10Cl3NO. The third-order valence-corrected chi connectivity index (χ3v) is 3.53. The number of aldehydes is 1. The molecule has 0 spiro atoms. The van der Waals surface area contributed by atoms with E-state index in [-0.39, 0.29) is 0 Å². The SMILES string of the molecule is CCCn1c(Cl)c(C=O)c2cc(Cl)cc(Cl)c21. The minimum absolute atomic E-state index is 0.418. The molecule has 0 saturated carbocycles. The Hall–Kier alpha value is -0.700. The van der Waals surface area contributed by atoms with Gasteiger partial charge in [-0.05, 0) is 18.6 Å². The van der Waals surface area contributed by atoms with Gasteiger partial charge in [0.25, 0.3) is 0 Å². The predicted molar refractivity (Wildman–Crippen MR) is 72.6 cm³/mol. The van der Waals surface area contributed by atoms with Crippen LogP contribution in [0, 0.1) is 0 Å². The van der Waals surface area contributed by atoms with Gasteiger partial charge in [-0.25, -0.2) is 0 Å². The van der Waals surface area contributed by atoms with Gasteiger partial charge in [0.05, 0.1) is 16.1 Å². The van der Waals surface area contributed by atoms with Crippen LogP contribution in [0.25, 0.3) is 10.9 Å². The van der Waals surface area contributed by atoms with Crippen molar-refractivity contribution >= 4 is 52.0 Å². The number of aromatic nitrogens is 1. The van der Waals surface area contributed by atoms with Crippen LogP contribution in [0.2, 0.25) is 15.2 Å². The highest BCUT2D eigenvalue weighted by Crippen LogP contribution is 2.35. The summed E-state index contributed by atoms with van der Waals surface area (Å²) in [5, 5.41) is 2.13. The summed E-state index contributed by atoms with van der Waals surface area (Å²) in [4.78, 5) is 11.1. The topological polar surface area (TPSA) is 22.0 Å². The van der Waals surface area contributed by atoms with Crippen LogP contribution in [-0.2, 0) is 6.54 Å². The number of nitrogens with zero attached hydrogens (tertiary/aromatic N) is 1. The van der Waals surface area contributed by atoms with E-state index in [1.54, 1.807) is 12.1 Å². The van der Waals surface area contributed by atoms with Crippen molar-refractivity contribution in [3.05, 3.63) is 32.9 Å². The lowest BCUT2D eigenvalue weighted by Crippen LogP contribution is -1.96. The van der Waals surface area contributed by atoms with Gasteiger partial charge in [-0.15, -0.1) is 0 Å². The fraction of sp³-hybridized carbons (Fsp3) is 0.250. The summed E-state index contributed by atoms with van der Waals surface area (Å²) in [7, 11) is 0. The number of fused-ring (bicyclic) bond motifs is 1. The maximum Gasteiger partial charge on any atom is 0.153 e. The van der Waals surface area contributed by atoms with E-state index >= 15 is 0 Å². The zero-order valence-electron chi connectivity index (χ0n) is 9.14. The minimum atomic E-state index is 0.418. The molecule has 0 aliphatic rings. The predicted octanol–water partition coefficient (Wildman–Crippen LogP) is 4.82. The first kappa shape index (κ1) is 12.7. The molecule has 2 nitrogen and oxygen atoms in total. The van der Waals surface area contributed by atoms with Gasteiger partial charge in [0.1, 0.15) is 5.15 Å². The van der Waals surface area contributed by atoms with E-state index in [2.05, 4.69) is 0 Å². The number of benzene rings is 1. The molecule has 1 heterocycles. The Bertz CT molecular complexity index is 589. The maximum atomic E-state index is 11.1. The molecule has 0 aliphatic carbocycles. The molecule has 17 heavy (non-hydrogen) atoms. The molecular weight excluding hydrogens is 280 g/mol. The molecule has 1 aromatic heterocycles. The van der Waals surface area contributed by atoms with E-state index in [0.29, 0.717) is 32.7 Å². The van der Waals surface area contributed by atoms with Gasteiger partial charge in [-0.1, -0.05) is 41.7 Å². The first-order chi connectivity index (χ1) is 8.10. The van der Waals surface area contributed by atoms with Crippen molar-refractivity contribution in [2.75, 3.05) is 0 Å². The molecule has 5 heteroatoms. The second-order valence-corrected chi connectivity index (χ2v) is 4.96. The van der Waals surface area contributed by atoms with Crippen LogP contribution in [0.5, 0.6) is 0 Å². The summed E-state index contributed by atoms with van der Waals surface area (Å²) in [6.45, 7) is 2.75. The Morgan fingerprint density at radius 1 is 1.29 bits per heavy atom. The highest BCUT2D eigenvalue weighted by Gasteiger charge is 2.17. The van der Waals surface area contributed by atoms with Crippen molar-refractivity contribution in [2.24, 2.45) is 0 Å². The maximum absolute atomic E-state index is 11.1. The second kappa shape index (κ2) is 4.89. The van der Waals surface area contributed by atoms with E-state index in [1.807, 2.05) is 11.5 Å². The molecule has 0 unspecified atom stereocenters. The average Bonchev–Trinajstić information content (AvgIpc) is 2.52. The van der Waals surface area contributed by atoms with E-state index in [9.17, 15) is 4.79 Å². The first-order valence-electron chi connectivity index (χ1n) is 5.22. The number of halogens is 3. The highest BCUT2D eigenvalue weighted by molar-refractivity contribution is 6.40. The molecule has 0 aliphatic heterocycles. The van der Waals surface area contributed by atoms with Crippen LogP contribution in [0.4, 0.5) is 0 Å². The number of carbonyl (C=O) groups is 1. The lowest BCUT2D eigenvalue weighted by molar-refractivity contribution is 0.112. The summed E-state index contributed by atoms with van der Waals surface area (Å²) in [5.41, 5.74) is 1.21. The van der Waals surface area contributed by atoms with Crippen LogP contribution in [0.1, 0.15) is 23.7 Å². The van der Waals surface area contributed by atoms with Crippen molar-refractivity contribution in [3.63, 3.8) is 0 Å². The Balaban J connectivity index is 2.90. The molecule has 0 atom stereocenters. The zero-order valence-corrected chi connectivity index (χ0v) is 11.4. The standard InChI is InChI=1S/C12H10Cl3NO/c1-2-3-16-11-8(9(6-17)12(16)15)4-7(13)5-10(11)14/h4-6H,2-3H2,1H3. The van der Waals surface area contributed by atoms with Gasteiger partial charge < -0.3 is 4.57 Å². The Morgan fingerprint density at radius 2 is 2.00 bits per heavy atom. The van der Waals surface area contributed by atoms with Crippen molar-refractivity contribution < 1.29 is 4.79 Å². The van der Waals surface area contributed by atoms with E-state index in [4.69, 9.17) is 34.8 Å². The summed E-state index contributed by atoms with van der Waals surface area (Å²) in [6.07, 6.45) is 1.64. The van der Waals surface area contributed by atoms with Gasteiger partial charge in [0.15, 0.2) is 6.29 Å². The molecule has 0 bridgehead atoms. The number of rotatable bonds is 3. The molecule has 1 aromatic carbocycles. The van der Waals surface area contributed by atoms with Crippen molar-refractivity contribution in [1.82, 2.24) is 4.57 Å². The molecule has 2 aromatic rings. The first-order valence-corrected chi connectivity index (χ1v) is 6.35. The van der Waals surface area contributed by atoms with E-state index in [1.165, 1.54) is 0 Å². The molecule has 0 fully saturated rings. The van der Waals surface area contributed by atoms with Crippen LogP contribution >= 0.6 is 34.8 Å². The molecule has 0 radical (unpaired) electrons. The van der Waals surface area contributed by atoms with Gasteiger partial charge >= 0.3 is 0 Å². The number of carbonyl (C=O) groups excluding carboxylic acids is 1. The van der Waals surface area contributed by atoms with Gasteiger partial charge in [0, 0.05) is 17.0 Å². The molecule has 0 saturated heterocycles. The lowest BCUT2D eigenvalue weighted by Gasteiger charge is -2.06. The fourth-order valence-corrected chi connectivity index (χ4v) is 2.86. The smallest absolute Gasteiger partial charge is 0.153 e. The molecule has 0 N–H and O–H groups in total. The minimum Gasteiger partial charge on any atom is -0.330 e. The Kier molecular flexibility index (Phi) is 3.67. The quantitative estimate of drug-likeness (QED) is 0.743. The zero-order chi connectivity index (χ0) is 12.6. The average molecular weight is 291 g/mol. The normalized spacial score (nSPS) is 11.1. The highest BCUT2D eigenvalue weighted by atomic mass is 35.5. The van der Waals surface area contributed by atoms with Crippen LogP contribution in [0.3, 0.4) is 0 Å². The number of aryl methyl sites for hydroxylation is 1. The van der Waals surface area contributed by atoms with Gasteiger partial charge in [-0.3, -0.25) is 4.79 Å². The number of hydrogen-bond donors (Lipinski definition) is 0. The third-order valence-electron chi connectivity index (χ3n) is 2.61. The third kappa shape index (κ3) is 2.05. The van der Waals surface area contributed by atoms with Crippen molar-refractivity contribution in [2.45, 2.75) is 19.9 Å². The van der Waals surface area contributed by atoms with Crippen molar-refractivity contribution in [1.29, 1.82) is 0 Å². The van der Waals surface area contributed by atoms with E-state index in [0.717, 1.165) is 18.2 Å². The van der Waals surface area contributed by atoms with Gasteiger partial charge in [0.2, 0.25) is 0 Å². The monoisotopic (exact) mass is 289 g/mol. The molecule has 0 amide bonds. The summed E-state index contributed by atoms with van der Waals surface area (Å²) >= 11 is 18.3. The summed E-state index contributed by atoms with van der Waals surface area (Å²) < 4.78 is 1.85. The molecule has 90 valence electrons. The number of hydrogen-bond acceptors (Lipinski definition) is 1. The van der Waals surface area contributed by atoms with Gasteiger partial charge in [-0.2, -0.15) is 0 Å². The molecule has 2 rings (SSSR count). The Labute approximate surface area is 114 Å². The largest absolute Gasteiger partial charge is 0.330 e. The van der Waals surface area contributed by atoms with Crippen LogP contribution < -0.4 is 0 Å². The van der Waals surface area contributed by atoms with Crippen molar-refractivity contribution in [3.8, 4) is 0 Å². The fourth-order valence-electron chi connectivity index (χ4n) is 1.95. The Morgan fingerprint density at radius 3 is 2.59 bits per heavy atom. The summed E-state index contributed by atoms with van der Waals surface area (Å²) in [5.74, 6) is 0. The van der Waals surface area contributed by atoms with E-state index < -0.39 is 0 Å². The van der Waals surface area contributed by atoms with Crippen LogP contribution in [0.15, 0.2) is 12.1 Å². The van der Waals surface area contributed by atoms with Crippen LogP contribution in [-0.4, -0.2) is 10.9 Å². The lowest BCUT2D eigenvalue weighted by atomic mass is 10.2. The summed E-state index contributed by atoms with van der Waals surface area (Å²) in [6, 6.07) is 3.37. The second-order valence-electron chi connectivity index (χ2n) is 3.76.